The molecule has 1 aromatic rings. The summed E-state index contributed by atoms with van der Waals surface area (Å²) in [5, 5.41) is 0. The monoisotopic (exact) mass is 357 g/mol. The summed E-state index contributed by atoms with van der Waals surface area (Å²) in [5.74, 6) is 0.940. The van der Waals surface area contributed by atoms with E-state index >= 15 is 0 Å². The molecule has 5 unspecified atom stereocenters. The highest BCUT2D eigenvalue weighted by Crippen LogP contribution is 2.55. The summed E-state index contributed by atoms with van der Waals surface area (Å²) in [6, 6.07) is 3.59. The molecule has 0 amide bonds. The summed E-state index contributed by atoms with van der Waals surface area (Å²) >= 11 is 0. The normalized spacial score (nSPS) is 35.8. The Bertz CT molecular complexity index is 849. The molecule has 0 N–H and O–H groups in total. The van der Waals surface area contributed by atoms with E-state index in [1.807, 2.05) is 29.2 Å². The molecule has 3 aliphatic heterocycles. The van der Waals surface area contributed by atoms with Gasteiger partial charge in [-0.1, -0.05) is 12.2 Å². The van der Waals surface area contributed by atoms with Gasteiger partial charge >= 0.3 is 5.97 Å². The van der Waals surface area contributed by atoms with Crippen LogP contribution in [0.4, 0.5) is 0 Å². The molecule has 2 bridgehead atoms. The quantitative estimate of drug-likeness (QED) is 0.586. The molecule has 0 aromatic heterocycles. The van der Waals surface area contributed by atoms with Gasteiger partial charge in [0, 0.05) is 25.6 Å². The summed E-state index contributed by atoms with van der Waals surface area (Å²) in [5.41, 5.74) is 0.858. The standard InChI is InChI=1S/C19H19NO6/c1-10(21)26-18-12-6-14-15(25-9-24-14)7-13(12)19-4-3-11(23-2)5-16(19)20(18)8-17(19)22/h3-4,6-7,11,16,18H,5,8-9H2,1-2H3. The Hall–Kier alpha value is -2.38. The molecule has 0 saturated carbocycles. The number of ether oxygens (including phenoxy) is 4. The number of hydrogen-bond acceptors (Lipinski definition) is 7. The summed E-state index contributed by atoms with van der Waals surface area (Å²) in [7, 11) is 1.66. The van der Waals surface area contributed by atoms with Gasteiger partial charge in [-0.05, 0) is 24.1 Å². The van der Waals surface area contributed by atoms with Crippen LogP contribution >= 0.6 is 0 Å². The lowest BCUT2D eigenvalue weighted by Crippen LogP contribution is -2.53. The number of nitrogens with zero attached hydrogens (tertiary/aromatic N) is 1. The fraction of sp³-hybridized carbons (Fsp3) is 0.474. The van der Waals surface area contributed by atoms with Crippen molar-refractivity contribution < 1.29 is 28.5 Å². The van der Waals surface area contributed by atoms with Crippen molar-refractivity contribution in [2.75, 3.05) is 20.4 Å². The molecular formula is C19H19NO6. The molecular weight excluding hydrogens is 338 g/mol. The molecule has 26 heavy (non-hydrogen) atoms. The molecule has 0 radical (unpaired) electrons. The second-order valence-electron chi connectivity index (χ2n) is 7.10. The first-order valence-electron chi connectivity index (χ1n) is 8.67. The Balaban J connectivity index is 1.75. The van der Waals surface area contributed by atoms with Gasteiger partial charge in [0.25, 0.3) is 0 Å². The maximum absolute atomic E-state index is 13.2. The van der Waals surface area contributed by atoms with Crippen molar-refractivity contribution in [3.8, 4) is 11.5 Å². The minimum atomic E-state index is -0.762. The Labute approximate surface area is 150 Å². The second-order valence-corrected chi connectivity index (χ2v) is 7.10. The van der Waals surface area contributed by atoms with Crippen molar-refractivity contribution >= 4 is 11.8 Å². The minimum absolute atomic E-state index is 0.0740. The first-order valence-corrected chi connectivity index (χ1v) is 8.67. The smallest absolute Gasteiger partial charge is 0.304 e. The van der Waals surface area contributed by atoms with Crippen molar-refractivity contribution in [2.24, 2.45) is 0 Å². The van der Waals surface area contributed by atoms with Crippen LogP contribution in [0.1, 0.15) is 30.7 Å². The van der Waals surface area contributed by atoms with E-state index in [0.29, 0.717) is 17.9 Å². The van der Waals surface area contributed by atoms with E-state index in [2.05, 4.69) is 0 Å². The van der Waals surface area contributed by atoms with Crippen LogP contribution in [0.25, 0.3) is 0 Å². The maximum atomic E-state index is 13.2. The Morgan fingerprint density at radius 2 is 2.08 bits per heavy atom. The van der Waals surface area contributed by atoms with Gasteiger partial charge < -0.3 is 18.9 Å². The molecule has 1 aromatic carbocycles. The van der Waals surface area contributed by atoms with Gasteiger partial charge in [0.05, 0.1) is 18.1 Å². The number of esters is 1. The van der Waals surface area contributed by atoms with E-state index < -0.39 is 11.6 Å². The van der Waals surface area contributed by atoms with Crippen molar-refractivity contribution in [3.63, 3.8) is 0 Å². The highest BCUT2D eigenvalue weighted by atomic mass is 16.7. The number of benzene rings is 1. The van der Waals surface area contributed by atoms with E-state index in [0.717, 1.165) is 11.1 Å². The van der Waals surface area contributed by atoms with Gasteiger partial charge in [-0.3, -0.25) is 14.5 Å². The molecule has 4 aliphatic rings. The fourth-order valence-corrected chi connectivity index (χ4v) is 4.77. The van der Waals surface area contributed by atoms with Gasteiger partial charge in [0.1, 0.15) is 0 Å². The predicted octanol–water partition coefficient (Wildman–Crippen LogP) is 1.46. The van der Waals surface area contributed by atoms with E-state index in [-0.39, 0.29) is 37.2 Å². The van der Waals surface area contributed by atoms with E-state index in [1.165, 1.54) is 6.92 Å². The van der Waals surface area contributed by atoms with Gasteiger partial charge in [-0.25, -0.2) is 0 Å². The van der Waals surface area contributed by atoms with Crippen LogP contribution in [0.15, 0.2) is 24.3 Å². The van der Waals surface area contributed by atoms with E-state index in [4.69, 9.17) is 18.9 Å². The van der Waals surface area contributed by atoms with E-state index in [1.54, 1.807) is 7.11 Å². The lowest BCUT2D eigenvalue weighted by Gasteiger charge is -2.47. The summed E-state index contributed by atoms with van der Waals surface area (Å²) in [4.78, 5) is 26.9. The van der Waals surface area contributed by atoms with Crippen LogP contribution in [-0.2, 0) is 24.5 Å². The Morgan fingerprint density at radius 3 is 2.81 bits per heavy atom. The lowest BCUT2D eigenvalue weighted by molar-refractivity contribution is -0.161. The number of ketones is 1. The number of methoxy groups -OCH3 is 1. The van der Waals surface area contributed by atoms with Crippen LogP contribution in [0.3, 0.4) is 0 Å². The number of fused-ring (bicyclic) bond motifs is 2. The molecule has 1 aliphatic carbocycles. The van der Waals surface area contributed by atoms with E-state index in [9.17, 15) is 9.59 Å². The number of hydrogen-bond donors (Lipinski definition) is 0. The number of rotatable bonds is 2. The van der Waals surface area contributed by atoms with Crippen molar-refractivity contribution in [1.29, 1.82) is 0 Å². The number of carbonyl (C=O) groups excluding carboxylic acids is 2. The molecule has 7 heteroatoms. The maximum Gasteiger partial charge on any atom is 0.304 e. The number of carbonyl (C=O) groups is 2. The van der Waals surface area contributed by atoms with Gasteiger partial charge in [-0.15, -0.1) is 0 Å². The summed E-state index contributed by atoms with van der Waals surface area (Å²) in [6.45, 7) is 1.75. The molecule has 5 rings (SSSR count). The van der Waals surface area contributed by atoms with Crippen LogP contribution in [0, 0.1) is 0 Å². The zero-order chi connectivity index (χ0) is 18.1. The van der Waals surface area contributed by atoms with Gasteiger partial charge in [0.15, 0.2) is 23.5 Å². The summed E-state index contributed by atoms with van der Waals surface area (Å²) < 4.78 is 22.2. The molecule has 1 saturated heterocycles. The Kier molecular flexibility index (Phi) is 3.24. The molecule has 136 valence electrons. The molecule has 0 spiro atoms. The topological polar surface area (TPSA) is 74.3 Å². The second kappa shape index (κ2) is 5.31. The van der Waals surface area contributed by atoms with Crippen LogP contribution in [0.5, 0.6) is 11.5 Å². The lowest BCUT2D eigenvalue weighted by atomic mass is 9.65. The molecule has 5 atom stereocenters. The first-order chi connectivity index (χ1) is 12.5. The zero-order valence-electron chi connectivity index (χ0n) is 14.6. The van der Waals surface area contributed by atoms with Crippen LogP contribution in [-0.4, -0.2) is 49.2 Å². The minimum Gasteiger partial charge on any atom is -0.454 e. The predicted molar refractivity (Wildman–Crippen MR) is 88.8 cm³/mol. The molecule has 3 heterocycles. The van der Waals surface area contributed by atoms with Crippen molar-refractivity contribution in [3.05, 3.63) is 35.4 Å². The average molecular weight is 357 g/mol. The number of Topliss-reactive ketones (excluding diaryl/α,β-unsaturated/α-hetero) is 1. The van der Waals surface area contributed by atoms with Crippen LogP contribution in [0.2, 0.25) is 0 Å². The van der Waals surface area contributed by atoms with Gasteiger partial charge in [-0.2, -0.15) is 0 Å². The molecule has 1 fully saturated rings. The SMILES string of the molecule is COC1C=CC23C(=O)CN(C(OC(C)=O)c4cc5c(cc42)OCO5)C3C1. The fourth-order valence-electron chi connectivity index (χ4n) is 4.77. The third-order valence-electron chi connectivity index (χ3n) is 5.88. The Morgan fingerprint density at radius 1 is 1.31 bits per heavy atom. The summed E-state index contributed by atoms with van der Waals surface area (Å²) in [6.07, 6.45) is 3.88. The van der Waals surface area contributed by atoms with Gasteiger partial charge in [0.2, 0.25) is 6.79 Å². The molecule has 7 nitrogen and oxygen atoms in total. The largest absolute Gasteiger partial charge is 0.454 e. The third kappa shape index (κ3) is 1.90. The van der Waals surface area contributed by atoms with Crippen LogP contribution < -0.4 is 9.47 Å². The zero-order valence-corrected chi connectivity index (χ0v) is 14.6. The van der Waals surface area contributed by atoms with Crippen molar-refractivity contribution in [2.45, 2.75) is 37.1 Å². The first kappa shape index (κ1) is 15.8. The third-order valence-corrected chi connectivity index (χ3v) is 5.88. The van der Waals surface area contributed by atoms with Crippen molar-refractivity contribution in [1.82, 2.24) is 4.90 Å². The highest BCUT2D eigenvalue weighted by Gasteiger charge is 2.62. The highest BCUT2D eigenvalue weighted by molar-refractivity contribution is 5.99. The average Bonchev–Trinajstić information content (AvgIpc) is 3.18.